The molecule has 19 heavy (non-hydrogen) atoms. The lowest BCUT2D eigenvalue weighted by atomic mass is 10.1. The van der Waals surface area contributed by atoms with Gasteiger partial charge in [-0.15, -0.1) is 0 Å². The van der Waals surface area contributed by atoms with Crippen LogP contribution in [-0.4, -0.2) is 40.8 Å². The van der Waals surface area contributed by atoms with E-state index >= 15 is 0 Å². The minimum atomic E-state index is 0.426. The third kappa shape index (κ3) is 1.84. The van der Waals surface area contributed by atoms with E-state index in [1.807, 2.05) is 12.3 Å². The first-order chi connectivity index (χ1) is 9.43. The zero-order chi connectivity index (χ0) is 12.7. The second-order valence-electron chi connectivity index (χ2n) is 5.39. The third-order valence-electron chi connectivity index (χ3n) is 4.17. The SMILES string of the molecule is c1cnc2c(c1)nc(C1CCOC1)n2C1CCNC1. The van der Waals surface area contributed by atoms with Gasteiger partial charge in [0.05, 0.1) is 12.6 Å². The molecular weight excluding hydrogens is 240 g/mol. The van der Waals surface area contributed by atoms with E-state index in [2.05, 4.69) is 20.9 Å². The zero-order valence-electron chi connectivity index (χ0n) is 10.9. The van der Waals surface area contributed by atoms with Gasteiger partial charge in [-0.3, -0.25) is 0 Å². The number of pyridine rings is 1. The maximum atomic E-state index is 5.54. The number of nitrogens with one attached hydrogen (secondary N) is 1. The fourth-order valence-corrected chi connectivity index (χ4v) is 3.19. The molecule has 2 aliphatic heterocycles. The van der Waals surface area contributed by atoms with Gasteiger partial charge >= 0.3 is 0 Å². The lowest BCUT2D eigenvalue weighted by Crippen LogP contribution is -2.18. The minimum Gasteiger partial charge on any atom is -0.381 e. The van der Waals surface area contributed by atoms with E-state index in [0.717, 1.165) is 50.3 Å². The molecule has 100 valence electrons. The monoisotopic (exact) mass is 258 g/mol. The number of imidazole rings is 1. The summed E-state index contributed by atoms with van der Waals surface area (Å²) >= 11 is 0. The number of rotatable bonds is 2. The molecule has 0 bridgehead atoms. The summed E-state index contributed by atoms with van der Waals surface area (Å²) in [6.45, 7) is 3.74. The van der Waals surface area contributed by atoms with Crippen molar-refractivity contribution in [1.82, 2.24) is 19.9 Å². The van der Waals surface area contributed by atoms with E-state index in [0.29, 0.717) is 12.0 Å². The molecule has 0 radical (unpaired) electrons. The molecule has 2 saturated heterocycles. The minimum absolute atomic E-state index is 0.426. The standard InChI is InChI=1S/C14H18N4O/c1-2-12-14(16-5-1)18(11-3-6-15-8-11)13(17-12)10-4-7-19-9-10/h1-2,5,10-11,15H,3-4,6-9H2. The van der Waals surface area contributed by atoms with E-state index in [1.165, 1.54) is 5.82 Å². The predicted octanol–water partition coefficient (Wildman–Crippen LogP) is 1.47. The van der Waals surface area contributed by atoms with Gasteiger partial charge in [0.2, 0.25) is 0 Å². The Morgan fingerprint density at radius 2 is 2.37 bits per heavy atom. The highest BCUT2D eigenvalue weighted by Crippen LogP contribution is 2.31. The molecule has 2 aromatic heterocycles. The van der Waals surface area contributed by atoms with Crippen molar-refractivity contribution in [1.29, 1.82) is 0 Å². The Morgan fingerprint density at radius 1 is 1.37 bits per heavy atom. The molecule has 4 heterocycles. The van der Waals surface area contributed by atoms with Crippen LogP contribution in [0.4, 0.5) is 0 Å². The van der Waals surface area contributed by atoms with Gasteiger partial charge in [0.1, 0.15) is 11.3 Å². The highest BCUT2D eigenvalue weighted by atomic mass is 16.5. The van der Waals surface area contributed by atoms with E-state index in [4.69, 9.17) is 9.72 Å². The van der Waals surface area contributed by atoms with E-state index < -0.39 is 0 Å². The molecule has 0 aromatic carbocycles. The molecule has 5 nitrogen and oxygen atoms in total. The molecule has 0 spiro atoms. The van der Waals surface area contributed by atoms with Crippen molar-refractivity contribution in [3.8, 4) is 0 Å². The van der Waals surface area contributed by atoms with Crippen LogP contribution in [0.1, 0.15) is 30.6 Å². The summed E-state index contributed by atoms with van der Waals surface area (Å²) in [6, 6.07) is 4.50. The second-order valence-corrected chi connectivity index (χ2v) is 5.39. The Kier molecular flexibility index (Phi) is 2.74. The second kappa shape index (κ2) is 4.58. The maximum absolute atomic E-state index is 5.54. The number of aromatic nitrogens is 3. The fraction of sp³-hybridized carbons (Fsp3) is 0.571. The summed E-state index contributed by atoms with van der Waals surface area (Å²) in [5.41, 5.74) is 2.04. The van der Waals surface area contributed by atoms with Gasteiger partial charge in [0, 0.05) is 25.3 Å². The van der Waals surface area contributed by atoms with E-state index in [-0.39, 0.29) is 0 Å². The topological polar surface area (TPSA) is 52.0 Å². The van der Waals surface area contributed by atoms with Crippen molar-refractivity contribution in [2.75, 3.05) is 26.3 Å². The zero-order valence-corrected chi connectivity index (χ0v) is 10.9. The van der Waals surface area contributed by atoms with Crippen molar-refractivity contribution < 1.29 is 4.74 Å². The first-order valence-electron chi connectivity index (χ1n) is 7.05. The van der Waals surface area contributed by atoms with Crippen LogP contribution in [0.5, 0.6) is 0 Å². The van der Waals surface area contributed by atoms with Crippen molar-refractivity contribution in [3.63, 3.8) is 0 Å². The van der Waals surface area contributed by atoms with Crippen LogP contribution in [0.2, 0.25) is 0 Å². The molecule has 0 aliphatic carbocycles. The van der Waals surface area contributed by atoms with Crippen molar-refractivity contribution in [2.45, 2.75) is 24.8 Å². The first-order valence-corrected chi connectivity index (χ1v) is 7.05. The van der Waals surface area contributed by atoms with Gasteiger partial charge in [-0.05, 0) is 31.5 Å². The Hall–Kier alpha value is -1.46. The molecule has 4 rings (SSSR count). The summed E-state index contributed by atoms with van der Waals surface area (Å²) in [5.74, 6) is 1.59. The Bertz CT molecular complexity index is 582. The van der Waals surface area contributed by atoms with Crippen LogP contribution >= 0.6 is 0 Å². The van der Waals surface area contributed by atoms with Crippen LogP contribution in [0, 0.1) is 0 Å². The van der Waals surface area contributed by atoms with Gasteiger partial charge in [0.15, 0.2) is 5.65 Å². The van der Waals surface area contributed by atoms with E-state index in [9.17, 15) is 0 Å². The maximum Gasteiger partial charge on any atom is 0.160 e. The molecule has 2 aromatic rings. The van der Waals surface area contributed by atoms with Crippen LogP contribution in [0.15, 0.2) is 18.3 Å². The molecular formula is C14H18N4O. The molecule has 2 unspecified atom stereocenters. The molecule has 0 saturated carbocycles. The van der Waals surface area contributed by atoms with Gasteiger partial charge in [-0.1, -0.05) is 0 Å². The number of ether oxygens (including phenoxy) is 1. The molecule has 2 fully saturated rings. The average molecular weight is 258 g/mol. The van der Waals surface area contributed by atoms with Gasteiger partial charge in [-0.25, -0.2) is 9.97 Å². The summed E-state index contributed by atoms with van der Waals surface area (Å²) in [7, 11) is 0. The number of nitrogens with zero attached hydrogens (tertiary/aromatic N) is 3. The Morgan fingerprint density at radius 3 is 3.16 bits per heavy atom. The Balaban J connectivity index is 1.87. The number of fused-ring (bicyclic) bond motifs is 1. The predicted molar refractivity (Wildman–Crippen MR) is 72.2 cm³/mol. The number of hydrogen-bond donors (Lipinski definition) is 1. The highest BCUT2D eigenvalue weighted by molar-refractivity contribution is 5.71. The smallest absolute Gasteiger partial charge is 0.160 e. The lowest BCUT2D eigenvalue weighted by Gasteiger charge is -2.17. The first kappa shape index (κ1) is 11.4. The van der Waals surface area contributed by atoms with Crippen molar-refractivity contribution in [2.24, 2.45) is 0 Å². The van der Waals surface area contributed by atoms with Crippen LogP contribution in [0.25, 0.3) is 11.2 Å². The van der Waals surface area contributed by atoms with Crippen molar-refractivity contribution in [3.05, 3.63) is 24.2 Å². The van der Waals surface area contributed by atoms with Crippen LogP contribution in [-0.2, 0) is 4.74 Å². The van der Waals surface area contributed by atoms with E-state index in [1.54, 1.807) is 0 Å². The van der Waals surface area contributed by atoms with Gasteiger partial charge in [-0.2, -0.15) is 0 Å². The summed E-state index contributed by atoms with van der Waals surface area (Å²) in [5, 5.41) is 3.44. The molecule has 0 amide bonds. The largest absolute Gasteiger partial charge is 0.381 e. The van der Waals surface area contributed by atoms with Gasteiger partial charge < -0.3 is 14.6 Å². The van der Waals surface area contributed by atoms with Crippen LogP contribution < -0.4 is 5.32 Å². The number of hydrogen-bond acceptors (Lipinski definition) is 4. The fourth-order valence-electron chi connectivity index (χ4n) is 3.19. The lowest BCUT2D eigenvalue weighted by molar-refractivity contribution is 0.192. The third-order valence-corrected chi connectivity index (χ3v) is 4.17. The average Bonchev–Trinajstić information content (AvgIpc) is 3.17. The molecule has 2 atom stereocenters. The van der Waals surface area contributed by atoms with Crippen LogP contribution in [0.3, 0.4) is 0 Å². The summed E-state index contributed by atoms with van der Waals surface area (Å²) < 4.78 is 7.89. The molecule has 5 heteroatoms. The highest BCUT2D eigenvalue weighted by Gasteiger charge is 2.29. The van der Waals surface area contributed by atoms with Crippen molar-refractivity contribution >= 4 is 11.2 Å². The van der Waals surface area contributed by atoms with Gasteiger partial charge in [0.25, 0.3) is 0 Å². The normalized spacial score (nSPS) is 27.4. The summed E-state index contributed by atoms with van der Waals surface area (Å²) in [6.07, 6.45) is 4.09. The molecule has 2 aliphatic rings. The Labute approximate surface area is 112 Å². The molecule has 1 N–H and O–H groups in total. The quantitative estimate of drug-likeness (QED) is 0.886. The summed E-state index contributed by atoms with van der Waals surface area (Å²) in [4.78, 5) is 9.38.